The number of sulfone groups is 1. The lowest BCUT2D eigenvalue weighted by atomic mass is 10.2. The van der Waals surface area contributed by atoms with Gasteiger partial charge < -0.3 is 5.11 Å². The van der Waals surface area contributed by atoms with Gasteiger partial charge in [-0.25, -0.2) is 21.6 Å². The zero-order chi connectivity index (χ0) is 15.6. The molecular weight excluding hydrogens is 374 g/mol. The number of anilines is 1. The van der Waals surface area contributed by atoms with Crippen molar-refractivity contribution >= 4 is 47.4 Å². The molecule has 0 unspecified atom stereocenters. The summed E-state index contributed by atoms with van der Waals surface area (Å²) >= 11 is 3.08. The minimum atomic E-state index is -3.88. The van der Waals surface area contributed by atoms with Crippen molar-refractivity contribution in [3.63, 3.8) is 0 Å². The van der Waals surface area contributed by atoms with Crippen LogP contribution in [0.5, 0.6) is 0 Å². The van der Waals surface area contributed by atoms with Crippen LogP contribution in [-0.4, -0.2) is 45.7 Å². The lowest BCUT2D eigenvalue weighted by molar-refractivity contribution is 0.0697. The lowest BCUT2D eigenvalue weighted by Gasteiger charge is -2.10. The van der Waals surface area contributed by atoms with E-state index in [0.29, 0.717) is 4.47 Å². The van der Waals surface area contributed by atoms with Gasteiger partial charge in [-0.2, -0.15) is 0 Å². The predicted molar refractivity (Wildman–Crippen MR) is 78.2 cm³/mol. The summed E-state index contributed by atoms with van der Waals surface area (Å²) < 4.78 is 47.9. The molecule has 7 nitrogen and oxygen atoms in total. The second kappa shape index (κ2) is 6.10. The minimum absolute atomic E-state index is 0.0402. The molecule has 0 aliphatic carbocycles. The Morgan fingerprint density at radius 1 is 1.25 bits per heavy atom. The summed E-state index contributed by atoms with van der Waals surface area (Å²) in [5, 5.41) is 8.84. The number of carboxylic acid groups (broad SMARTS) is 1. The normalized spacial score (nSPS) is 12.1. The largest absolute Gasteiger partial charge is 0.478 e. The lowest BCUT2D eigenvalue weighted by Crippen LogP contribution is -2.22. The second-order valence-corrected chi connectivity index (χ2v) is 9.01. The molecule has 0 radical (unpaired) electrons. The van der Waals surface area contributed by atoms with E-state index in [4.69, 9.17) is 5.11 Å². The molecule has 1 rings (SSSR count). The summed E-state index contributed by atoms with van der Waals surface area (Å²) in [7, 11) is -7.29. The van der Waals surface area contributed by atoms with E-state index in [-0.39, 0.29) is 11.3 Å². The van der Waals surface area contributed by atoms with Crippen LogP contribution in [0.1, 0.15) is 10.4 Å². The standard InChI is InChI=1S/C10H12BrNO6S2/c1-19(15,16)4-5-20(17,18)12-9-6-7(10(13)14)2-3-8(9)11/h2-3,6,12H,4-5H2,1H3,(H,13,14). The minimum Gasteiger partial charge on any atom is -0.478 e. The molecule has 0 atom stereocenters. The molecule has 0 saturated heterocycles. The van der Waals surface area contributed by atoms with E-state index < -0.39 is 37.3 Å². The van der Waals surface area contributed by atoms with Crippen LogP contribution in [0.4, 0.5) is 5.69 Å². The molecule has 0 spiro atoms. The van der Waals surface area contributed by atoms with Crippen molar-refractivity contribution in [2.45, 2.75) is 0 Å². The molecular formula is C10H12BrNO6S2. The van der Waals surface area contributed by atoms with Gasteiger partial charge in [0.2, 0.25) is 10.0 Å². The van der Waals surface area contributed by atoms with E-state index in [9.17, 15) is 21.6 Å². The van der Waals surface area contributed by atoms with Crippen molar-refractivity contribution in [2.24, 2.45) is 0 Å². The maximum absolute atomic E-state index is 11.7. The molecule has 0 amide bonds. The van der Waals surface area contributed by atoms with Crippen molar-refractivity contribution in [3.05, 3.63) is 28.2 Å². The van der Waals surface area contributed by atoms with Crippen molar-refractivity contribution in [1.82, 2.24) is 0 Å². The molecule has 1 aromatic rings. The number of carbonyl (C=O) groups is 1. The highest BCUT2D eigenvalue weighted by Crippen LogP contribution is 2.24. The van der Waals surface area contributed by atoms with Crippen molar-refractivity contribution < 1.29 is 26.7 Å². The third kappa shape index (κ3) is 5.47. The number of sulfonamides is 1. The van der Waals surface area contributed by atoms with E-state index in [1.807, 2.05) is 0 Å². The van der Waals surface area contributed by atoms with Gasteiger partial charge in [0.1, 0.15) is 9.84 Å². The monoisotopic (exact) mass is 385 g/mol. The number of hydrogen-bond donors (Lipinski definition) is 2. The van der Waals surface area contributed by atoms with E-state index in [0.717, 1.165) is 12.3 Å². The van der Waals surface area contributed by atoms with E-state index in [1.54, 1.807) is 0 Å². The van der Waals surface area contributed by atoms with Gasteiger partial charge in [0, 0.05) is 10.7 Å². The van der Waals surface area contributed by atoms with Crippen LogP contribution in [0.3, 0.4) is 0 Å². The molecule has 10 heteroatoms. The Bertz CT molecular complexity index is 726. The second-order valence-electron chi connectivity index (χ2n) is 4.05. The smallest absolute Gasteiger partial charge is 0.335 e. The summed E-state index contributed by atoms with van der Waals surface area (Å²) in [6, 6.07) is 3.84. The Morgan fingerprint density at radius 2 is 1.85 bits per heavy atom. The average Bonchev–Trinajstić information content (AvgIpc) is 2.28. The topological polar surface area (TPSA) is 118 Å². The van der Waals surface area contributed by atoms with Gasteiger partial charge in [0.15, 0.2) is 0 Å². The highest BCUT2D eigenvalue weighted by Gasteiger charge is 2.17. The molecule has 1 aromatic carbocycles. The highest BCUT2D eigenvalue weighted by atomic mass is 79.9. The van der Waals surface area contributed by atoms with E-state index in [2.05, 4.69) is 20.7 Å². The average molecular weight is 386 g/mol. The van der Waals surface area contributed by atoms with Gasteiger partial charge >= 0.3 is 5.97 Å². The molecule has 112 valence electrons. The SMILES string of the molecule is CS(=O)(=O)CCS(=O)(=O)Nc1cc(C(=O)O)ccc1Br. The van der Waals surface area contributed by atoms with Crippen LogP contribution in [0.2, 0.25) is 0 Å². The molecule has 0 aliphatic rings. The maximum Gasteiger partial charge on any atom is 0.335 e. The molecule has 0 aromatic heterocycles. The third-order valence-corrected chi connectivity index (χ3v) is 5.37. The van der Waals surface area contributed by atoms with Gasteiger partial charge in [-0.15, -0.1) is 0 Å². The Balaban J connectivity index is 2.97. The van der Waals surface area contributed by atoms with Crippen LogP contribution >= 0.6 is 15.9 Å². The van der Waals surface area contributed by atoms with Crippen LogP contribution in [0.25, 0.3) is 0 Å². The van der Waals surface area contributed by atoms with Crippen LogP contribution < -0.4 is 4.72 Å². The molecule has 0 saturated carbocycles. The number of hydrogen-bond acceptors (Lipinski definition) is 5. The summed E-state index contributed by atoms with van der Waals surface area (Å²) in [4.78, 5) is 10.8. The summed E-state index contributed by atoms with van der Waals surface area (Å²) in [5.74, 6) is -2.32. The zero-order valence-corrected chi connectivity index (χ0v) is 13.5. The highest BCUT2D eigenvalue weighted by molar-refractivity contribution is 9.10. The Morgan fingerprint density at radius 3 is 2.35 bits per heavy atom. The van der Waals surface area contributed by atoms with E-state index in [1.165, 1.54) is 12.1 Å². The maximum atomic E-state index is 11.7. The Labute approximate surface area is 125 Å². The van der Waals surface area contributed by atoms with E-state index >= 15 is 0 Å². The molecule has 0 bridgehead atoms. The number of aromatic carboxylic acids is 1. The number of benzene rings is 1. The van der Waals surface area contributed by atoms with Crippen LogP contribution in [0, 0.1) is 0 Å². The molecule has 2 N–H and O–H groups in total. The van der Waals surface area contributed by atoms with Gasteiger partial charge in [0.05, 0.1) is 22.8 Å². The summed E-state index contributed by atoms with van der Waals surface area (Å²) in [5.41, 5.74) is -0.0487. The number of nitrogens with one attached hydrogen (secondary N) is 1. The Hall–Kier alpha value is -1.13. The first-order valence-corrected chi connectivity index (χ1v) is 9.72. The van der Waals surface area contributed by atoms with Crippen molar-refractivity contribution in [2.75, 3.05) is 22.5 Å². The van der Waals surface area contributed by atoms with Crippen LogP contribution in [-0.2, 0) is 19.9 Å². The number of rotatable bonds is 6. The van der Waals surface area contributed by atoms with Gasteiger partial charge in [-0.05, 0) is 34.1 Å². The van der Waals surface area contributed by atoms with Gasteiger partial charge in [-0.3, -0.25) is 4.72 Å². The molecule has 0 aliphatic heterocycles. The molecule has 0 fully saturated rings. The quantitative estimate of drug-likeness (QED) is 0.751. The first kappa shape index (κ1) is 16.9. The first-order valence-electron chi connectivity index (χ1n) is 5.21. The molecule has 20 heavy (non-hydrogen) atoms. The first-order chi connectivity index (χ1) is 9.00. The summed E-state index contributed by atoms with van der Waals surface area (Å²) in [6.45, 7) is 0. The number of carboxylic acids is 1. The Kier molecular flexibility index (Phi) is 5.16. The summed E-state index contributed by atoms with van der Waals surface area (Å²) in [6.07, 6.45) is 0.934. The van der Waals surface area contributed by atoms with Crippen molar-refractivity contribution in [1.29, 1.82) is 0 Å². The van der Waals surface area contributed by atoms with Gasteiger partial charge in [-0.1, -0.05) is 0 Å². The van der Waals surface area contributed by atoms with Crippen molar-refractivity contribution in [3.8, 4) is 0 Å². The fourth-order valence-electron chi connectivity index (χ4n) is 1.22. The van der Waals surface area contributed by atoms with Crippen LogP contribution in [0.15, 0.2) is 22.7 Å². The fourth-order valence-corrected chi connectivity index (χ4v) is 4.39. The third-order valence-electron chi connectivity index (χ3n) is 2.20. The van der Waals surface area contributed by atoms with Gasteiger partial charge in [0.25, 0.3) is 0 Å². The fraction of sp³-hybridized carbons (Fsp3) is 0.300. The predicted octanol–water partition coefficient (Wildman–Crippen LogP) is 0.934. The zero-order valence-electron chi connectivity index (χ0n) is 10.3. The molecule has 0 heterocycles. The number of halogens is 1.